The molecule has 0 aliphatic heterocycles. The smallest absolute Gasteiger partial charge is 0.269 e. The lowest BCUT2D eigenvalue weighted by Crippen LogP contribution is -2.20. The number of amides is 1. The molecule has 2 aromatic heterocycles. The molecule has 35 heavy (non-hydrogen) atoms. The summed E-state index contributed by atoms with van der Waals surface area (Å²) < 4.78 is 7.46. The van der Waals surface area contributed by atoms with Gasteiger partial charge in [-0.2, -0.15) is 10.2 Å². The van der Waals surface area contributed by atoms with Crippen LogP contribution in [-0.4, -0.2) is 15.3 Å². The fourth-order valence-corrected chi connectivity index (χ4v) is 3.58. The van der Waals surface area contributed by atoms with Gasteiger partial charge in [-0.05, 0) is 79.9 Å². The molecule has 0 atom stereocenters. The summed E-state index contributed by atoms with van der Waals surface area (Å²) in [6, 6.07) is 17.4. The topological polar surface area (TPSA) is 96.5 Å². The van der Waals surface area contributed by atoms with E-state index in [1.54, 1.807) is 42.6 Å². The largest absolute Gasteiger partial charge is 0.438 e. The van der Waals surface area contributed by atoms with E-state index in [-0.39, 0.29) is 17.0 Å². The molecule has 0 saturated heterocycles. The average molecular weight is 485 g/mol. The molecule has 1 amide bonds. The van der Waals surface area contributed by atoms with E-state index in [0.29, 0.717) is 22.1 Å². The van der Waals surface area contributed by atoms with Gasteiger partial charge in [-0.25, -0.2) is 0 Å². The van der Waals surface area contributed by atoms with Crippen molar-refractivity contribution in [3.8, 4) is 17.7 Å². The van der Waals surface area contributed by atoms with Crippen molar-refractivity contribution in [1.82, 2.24) is 9.38 Å². The lowest BCUT2D eigenvalue weighted by Gasteiger charge is -2.14. The van der Waals surface area contributed by atoms with Crippen LogP contribution in [-0.2, 0) is 4.79 Å². The molecule has 2 heterocycles. The molecule has 0 radical (unpaired) electrons. The minimum absolute atomic E-state index is 0.00467. The highest BCUT2D eigenvalue weighted by molar-refractivity contribution is 6.30. The summed E-state index contributed by atoms with van der Waals surface area (Å²) in [4.78, 5) is 30.9. The minimum Gasteiger partial charge on any atom is -0.438 e. The lowest BCUT2D eigenvalue weighted by molar-refractivity contribution is -0.112. The van der Waals surface area contributed by atoms with Crippen LogP contribution in [0.4, 0.5) is 5.69 Å². The zero-order valence-electron chi connectivity index (χ0n) is 19.3. The molecule has 0 aliphatic carbocycles. The number of hydrogen-bond donors (Lipinski definition) is 1. The number of fused-ring (bicyclic) bond motifs is 1. The van der Waals surface area contributed by atoms with Crippen LogP contribution in [0.3, 0.4) is 0 Å². The summed E-state index contributed by atoms with van der Waals surface area (Å²) >= 11 is 5.89. The van der Waals surface area contributed by atoms with Gasteiger partial charge in [-0.1, -0.05) is 29.8 Å². The minimum atomic E-state index is -0.679. The van der Waals surface area contributed by atoms with E-state index < -0.39 is 11.5 Å². The number of carbonyl (C=O) groups excluding carboxylic acids is 1. The molecule has 1 N–H and O–H groups in total. The number of carbonyl (C=O) groups is 1. The zero-order chi connectivity index (χ0) is 25.1. The van der Waals surface area contributed by atoms with Crippen molar-refractivity contribution in [3.05, 3.63) is 104 Å². The molecule has 0 aliphatic rings. The Balaban J connectivity index is 1.85. The van der Waals surface area contributed by atoms with Crippen LogP contribution in [0.1, 0.15) is 22.3 Å². The van der Waals surface area contributed by atoms with Crippen molar-refractivity contribution < 1.29 is 9.53 Å². The number of nitrogens with zero attached hydrogens (tertiary/aromatic N) is 3. The van der Waals surface area contributed by atoms with E-state index >= 15 is 0 Å². The Morgan fingerprint density at radius 1 is 1.09 bits per heavy atom. The number of benzene rings is 2. The second kappa shape index (κ2) is 9.84. The highest BCUT2D eigenvalue weighted by Gasteiger charge is 2.19. The number of nitriles is 1. The Kier molecular flexibility index (Phi) is 6.67. The standard InChI is InChI=1S/C27H21ClN4O3/c1-16-6-4-8-23(18(16)3)35-26-22(27(34)32-13-5-7-17(2)24(32)31-26)14-19(15-29)25(33)30-21-11-9-20(28)10-12-21/h4-14H,1-3H3,(H,30,33)/b19-14-. The fourth-order valence-electron chi connectivity index (χ4n) is 3.46. The van der Waals surface area contributed by atoms with E-state index in [1.165, 1.54) is 10.5 Å². The highest BCUT2D eigenvalue weighted by Crippen LogP contribution is 2.29. The monoisotopic (exact) mass is 484 g/mol. The summed E-state index contributed by atoms with van der Waals surface area (Å²) in [5.74, 6) is -0.153. The number of rotatable bonds is 5. The van der Waals surface area contributed by atoms with Crippen LogP contribution in [0, 0.1) is 32.1 Å². The third-order valence-electron chi connectivity index (χ3n) is 5.57. The van der Waals surface area contributed by atoms with E-state index in [1.807, 2.05) is 45.0 Å². The molecule has 7 nitrogen and oxygen atoms in total. The van der Waals surface area contributed by atoms with Crippen LogP contribution in [0.15, 0.2) is 71.2 Å². The van der Waals surface area contributed by atoms with Gasteiger partial charge >= 0.3 is 0 Å². The number of aryl methyl sites for hydroxylation is 2. The van der Waals surface area contributed by atoms with Gasteiger partial charge in [0.1, 0.15) is 28.6 Å². The van der Waals surface area contributed by atoms with E-state index in [9.17, 15) is 14.9 Å². The summed E-state index contributed by atoms with van der Waals surface area (Å²) in [5.41, 5.74) is 2.77. The Bertz CT molecular complexity index is 1580. The zero-order valence-corrected chi connectivity index (χ0v) is 20.1. The maximum atomic E-state index is 13.5. The molecular formula is C27H21ClN4O3. The Hall–Kier alpha value is -4.41. The third-order valence-corrected chi connectivity index (χ3v) is 5.82. The molecule has 4 aromatic rings. The third kappa shape index (κ3) is 4.93. The molecule has 0 spiro atoms. The normalized spacial score (nSPS) is 11.2. The quantitative estimate of drug-likeness (QED) is 0.293. The number of halogens is 1. The summed E-state index contributed by atoms with van der Waals surface area (Å²) in [5, 5.41) is 12.9. The Morgan fingerprint density at radius 3 is 2.51 bits per heavy atom. The summed E-state index contributed by atoms with van der Waals surface area (Å²) in [6.45, 7) is 5.68. The van der Waals surface area contributed by atoms with Crippen LogP contribution in [0.5, 0.6) is 11.6 Å². The predicted molar refractivity (Wildman–Crippen MR) is 136 cm³/mol. The van der Waals surface area contributed by atoms with Gasteiger partial charge in [-0.3, -0.25) is 14.0 Å². The van der Waals surface area contributed by atoms with Gasteiger partial charge < -0.3 is 10.1 Å². The maximum absolute atomic E-state index is 13.5. The number of ether oxygens (including phenoxy) is 1. The first-order valence-corrected chi connectivity index (χ1v) is 11.1. The molecule has 0 unspecified atom stereocenters. The Labute approximate surface area is 206 Å². The van der Waals surface area contributed by atoms with Gasteiger partial charge in [0.2, 0.25) is 5.88 Å². The SMILES string of the molecule is Cc1cccc(Oc2nc3c(C)cccn3c(=O)c2/C=C(/C#N)C(=O)Nc2ccc(Cl)cc2)c1C. The summed E-state index contributed by atoms with van der Waals surface area (Å²) in [7, 11) is 0. The van der Waals surface area contributed by atoms with Crippen LogP contribution >= 0.6 is 11.6 Å². The molecule has 0 bridgehead atoms. The number of aromatic nitrogens is 2. The fraction of sp³-hybridized carbons (Fsp3) is 0.111. The first kappa shape index (κ1) is 23.7. The highest BCUT2D eigenvalue weighted by atomic mass is 35.5. The predicted octanol–water partition coefficient (Wildman–Crippen LogP) is 5.61. The second-order valence-corrected chi connectivity index (χ2v) is 8.39. The van der Waals surface area contributed by atoms with Crippen molar-refractivity contribution in [3.63, 3.8) is 0 Å². The van der Waals surface area contributed by atoms with Gasteiger partial charge in [0, 0.05) is 16.9 Å². The number of pyridine rings is 1. The Morgan fingerprint density at radius 2 is 1.80 bits per heavy atom. The van der Waals surface area contributed by atoms with Gasteiger partial charge in [0.15, 0.2) is 0 Å². The first-order valence-electron chi connectivity index (χ1n) is 10.7. The number of anilines is 1. The van der Waals surface area contributed by atoms with Crippen LogP contribution in [0.2, 0.25) is 5.02 Å². The molecule has 174 valence electrons. The van der Waals surface area contributed by atoms with Crippen molar-refractivity contribution in [2.75, 3.05) is 5.32 Å². The van der Waals surface area contributed by atoms with Crippen molar-refractivity contribution >= 4 is 34.9 Å². The molecular weight excluding hydrogens is 464 g/mol. The lowest BCUT2D eigenvalue weighted by atomic mass is 10.1. The van der Waals surface area contributed by atoms with Gasteiger partial charge in [-0.15, -0.1) is 0 Å². The molecule has 2 aromatic carbocycles. The maximum Gasteiger partial charge on any atom is 0.269 e. The number of hydrogen-bond acceptors (Lipinski definition) is 5. The van der Waals surface area contributed by atoms with Crippen molar-refractivity contribution in [1.29, 1.82) is 5.26 Å². The average Bonchev–Trinajstić information content (AvgIpc) is 2.84. The van der Waals surface area contributed by atoms with E-state index in [2.05, 4.69) is 10.3 Å². The number of nitrogens with one attached hydrogen (secondary N) is 1. The van der Waals surface area contributed by atoms with Gasteiger partial charge in [0.05, 0.1) is 0 Å². The van der Waals surface area contributed by atoms with Crippen LogP contribution in [0.25, 0.3) is 11.7 Å². The molecule has 8 heteroatoms. The van der Waals surface area contributed by atoms with E-state index in [4.69, 9.17) is 16.3 Å². The van der Waals surface area contributed by atoms with E-state index in [0.717, 1.165) is 16.7 Å². The first-order chi connectivity index (χ1) is 16.8. The second-order valence-electron chi connectivity index (χ2n) is 7.95. The van der Waals surface area contributed by atoms with Gasteiger partial charge in [0.25, 0.3) is 11.5 Å². The molecule has 4 rings (SSSR count). The molecule has 0 fully saturated rings. The molecule has 0 saturated carbocycles. The van der Waals surface area contributed by atoms with Crippen molar-refractivity contribution in [2.24, 2.45) is 0 Å². The van der Waals surface area contributed by atoms with Crippen molar-refractivity contribution in [2.45, 2.75) is 20.8 Å². The van der Waals surface area contributed by atoms with Crippen LogP contribution < -0.4 is 15.6 Å². The summed E-state index contributed by atoms with van der Waals surface area (Å²) in [6.07, 6.45) is 2.78.